The van der Waals surface area contributed by atoms with E-state index in [9.17, 15) is 4.79 Å². The Bertz CT molecular complexity index is 246. The standard InChI is InChI=1S/C14H28N2O2/c1-3-5-12-6-7-14(17)16(9-8-12)11-13(10-15)18-4-2/h12-13H,3-11,15H2,1-2H3. The molecule has 1 heterocycles. The van der Waals surface area contributed by atoms with Crippen molar-refractivity contribution in [2.24, 2.45) is 11.7 Å². The molecule has 0 spiro atoms. The highest BCUT2D eigenvalue weighted by Crippen LogP contribution is 2.22. The monoisotopic (exact) mass is 256 g/mol. The molecule has 18 heavy (non-hydrogen) atoms. The van der Waals surface area contributed by atoms with E-state index in [1.54, 1.807) is 0 Å². The molecule has 2 atom stereocenters. The molecule has 1 saturated heterocycles. The van der Waals surface area contributed by atoms with Crippen LogP contribution in [-0.2, 0) is 9.53 Å². The van der Waals surface area contributed by atoms with Gasteiger partial charge in [0, 0.05) is 32.7 Å². The fraction of sp³-hybridized carbons (Fsp3) is 0.929. The summed E-state index contributed by atoms with van der Waals surface area (Å²) in [5, 5.41) is 0. The predicted molar refractivity (Wildman–Crippen MR) is 73.3 cm³/mol. The molecule has 4 heteroatoms. The van der Waals surface area contributed by atoms with Gasteiger partial charge in [-0.05, 0) is 25.7 Å². The van der Waals surface area contributed by atoms with E-state index in [4.69, 9.17) is 10.5 Å². The van der Waals surface area contributed by atoms with Crippen molar-refractivity contribution >= 4 is 5.91 Å². The highest BCUT2D eigenvalue weighted by Gasteiger charge is 2.24. The second-order valence-electron chi connectivity index (χ2n) is 5.13. The lowest BCUT2D eigenvalue weighted by molar-refractivity contribution is -0.132. The molecule has 1 amide bonds. The molecule has 2 N–H and O–H groups in total. The molecule has 0 bridgehead atoms. The van der Waals surface area contributed by atoms with Gasteiger partial charge in [-0.25, -0.2) is 0 Å². The Labute approximate surface area is 111 Å². The van der Waals surface area contributed by atoms with Gasteiger partial charge >= 0.3 is 0 Å². The Kier molecular flexibility index (Phi) is 7.28. The number of nitrogens with zero attached hydrogens (tertiary/aromatic N) is 1. The molecule has 1 fully saturated rings. The molecule has 0 saturated carbocycles. The first-order valence-electron chi connectivity index (χ1n) is 7.30. The van der Waals surface area contributed by atoms with Crippen molar-refractivity contribution in [3.05, 3.63) is 0 Å². The lowest BCUT2D eigenvalue weighted by Gasteiger charge is -2.25. The Morgan fingerprint density at radius 1 is 1.44 bits per heavy atom. The maximum Gasteiger partial charge on any atom is 0.222 e. The van der Waals surface area contributed by atoms with Crippen LogP contribution in [0.5, 0.6) is 0 Å². The molecule has 0 aromatic carbocycles. The zero-order valence-electron chi connectivity index (χ0n) is 11.9. The lowest BCUT2D eigenvalue weighted by Crippen LogP contribution is -2.41. The van der Waals surface area contributed by atoms with Gasteiger partial charge in [-0.2, -0.15) is 0 Å². The number of carbonyl (C=O) groups excluding carboxylic acids is 1. The fourth-order valence-electron chi connectivity index (χ4n) is 2.66. The largest absolute Gasteiger partial charge is 0.375 e. The summed E-state index contributed by atoms with van der Waals surface area (Å²) in [6.07, 6.45) is 5.31. The van der Waals surface area contributed by atoms with Crippen molar-refractivity contribution in [1.29, 1.82) is 0 Å². The van der Waals surface area contributed by atoms with Gasteiger partial charge in [-0.15, -0.1) is 0 Å². The molecule has 1 rings (SSSR count). The maximum atomic E-state index is 12.0. The number of hydrogen-bond acceptors (Lipinski definition) is 3. The molecule has 4 nitrogen and oxygen atoms in total. The molecule has 1 aliphatic rings. The number of rotatable bonds is 7. The Hall–Kier alpha value is -0.610. The summed E-state index contributed by atoms with van der Waals surface area (Å²) in [7, 11) is 0. The summed E-state index contributed by atoms with van der Waals surface area (Å²) in [4.78, 5) is 14.0. The fourth-order valence-corrected chi connectivity index (χ4v) is 2.66. The van der Waals surface area contributed by atoms with E-state index in [1.165, 1.54) is 12.8 Å². The van der Waals surface area contributed by atoms with Gasteiger partial charge in [0.05, 0.1) is 6.10 Å². The van der Waals surface area contributed by atoms with Crippen LogP contribution in [0.3, 0.4) is 0 Å². The highest BCUT2D eigenvalue weighted by atomic mass is 16.5. The van der Waals surface area contributed by atoms with Crippen LogP contribution in [0.4, 0.5) is 0 Å². The summed E-state index contributed by atoms with van der Waals surface area (Å²) >= 11 is 0. The van der Waals surface area contributed by atoms with E-state index in [0.717, 1.165) is 19.4 Å². The number of nitrogens with two attached hydrogens (primary N) is 1. The van der Waals surface area contributed by atoms with Crippen LogP contribution < -0.4 is 5.73 Å². The average molecular weight is 256 g/mol. The third-order valence-electron chi connectivity index (χ3n) is 3.71. The third-order valence-corrected chi connectivity index (χ3v) is 3.71. The van der Waals surface area contributed by atoms with Crippen molar-refractivity contribution in [3.63, 3.8) is 0 Å². The van der Waals surface area contributed by atoms with Crippen molar-refractivity contribution in [2.45, 2.75) is 52.1 Å². The molecule has 1 aliphatic heterocycles. The van der Waals surface area contributed by atoms with Gasteiger partial charge < -0.3 is 15.4 Å². The van der Waals surface area contributed by atoms with Crippen molar-refractivity contribution < 1.29 is 9.53 Å². The zero-order chi connectivity index (χ0) is 13.4. The number of hydrogen-bond donors (Lipinski definition) is 1. The van der Waals surface area contributed by atoms with Crippen LogP contribution in [0.25, 0.3) is 0 Å². The minimum atomic E-state index is -0.0123. The number of carbonyl (C=O) groups is 1. The second kappa shape index (κ2) is 8.48. The number of likely N-dealkylation sites (tertiary alicyclic amines) is 1. The van der Waals surface area contributed by atoms with Crippen molar-refractivity contribution in [3.8, 4) is 0 Å². The summed E-state index contributed by atoms with van der Waals surface area (Å²) in [6, 6.07) is 0. The number of amides is 1. The van der Waals surface area contributed by atoms with Crippen LogP contribution in [0, 0.1) is 5.92 Å². The van der Waals surface area contributed by atoms with Crippen LogP contribution in [0.2, 0.25) is 0 Å². The smallest absolute Gasteiger partial charge is 0.222 e. The van der Waals surface area contributed by atoms with Crippen molar-refractivity contribution in [1.82, 2.24) is 4.90 Å². The zero-order valence-corrected chi connectivity index (χ0v) is 11.9. The van der Waals surface area contributed by atoms with Gasteiger partial charge in [0.2, 0.25) is 5.91 Å². The molecule has 0 radical (unpaired) electrons. The summed E-state index contributed by atoms with van der Waals surface area (Å²) < 4.78 is 5.54. The summed E-state index contributed by atoms with van der Waals surface area (Å²) in [5.41, 5.74) is 5.67. The van der Waals surface area contributed by atoms with E-state index in [-0.39, 0.29) is 12.0 Å². The third kappa shape index (κ3) is 4.94. The van der Waals surface area contributed by atoms with Crippen LogP contribution in [-0.4, -0.2) is 43.2 Å². The maximum absolute atomic E-state index is 12.0. The Morgan fingerprint density at radius 2 is 2.22 bits per heavy atom. The van der Waals surface area contributed by atoms with Crippen LogP contribution in [0.15, 0.2) is 0 Å². The highest BCUT2D eigenvalue weighted by molar-refractivity contribution is 5.76. The number of ether oxygens (including phenoxy) is 1. The minimum Gasteiger partial charge on any atom is -0.375 e. The second-order valence-corrected chi connectivity index (χ2v) is 5.13. The first-order chi connectivity index (χ1) is 8.71. The van der Waals surface area contributed by atoms with Gasteiger partial charge in [-0.3, -0.25) is 4.79 Å². The molecular formula is C14H28N2O2. The molecular weight excluding hydrogens is 228 g/mol. The van der Waals surface area contributed by atoms with Gasteiger partial charge in [0.15, 0.2) is 0 Å². The molecule has 0 aromatic heterocycles. The lowest BCUT2D eigenvalue weighted by atomic mass is 9.96. The van der Waals surface area contributed by atoms with E-state index < -0.39 is 0 Å². The van der Waals surface area contributed by atoms with Crippen LogP contribution in [0.1, 0.15) is 46.0 Å². The molecule has 0 aromatic rings. The summed E-state index contributed by atoms with van der Waals surface area (Å²) in [5.74, 6) is 0.985. The van der Waals surface area contributed by atoms with E-state index >= 15 is 0 Å². The predicted octanol–water partition coefficient (Wildman–Crippen LogP) is 1.78. The van der Waals surface area contributed by atoms with E-state index in [0.29, 0.717) is 32.0 Å². The normalized spacial score (nSPS) is 22.9. The molecule has 106 valence electrons. The Balaban J connectivity index is 2.46. The van der Waals surface area contributed by atoms with Gasteiger partial charge in [0.1, 0.15) is 0 Å². The first-order valence-corrected chi connectivity index (χ1v) is 7.30. The minimum absolute atomic E-state index is 0.0123. The van der Waals surface area contributed by atoms with Crippen molar-refractivity contribution in [2.75, 3.05) is 26.2 Å². The van der Waals surface area contributed by atoms with Gasteiger partial charge in [-0.1, -0.05) is 19.8 Å². The topological polar surface area (TPSA) is 55.6 Å². The average Bonchev–Trinajstić information content (AvgIpc) is 2.54. The van der Waals surface area contributed by atoms with Crippen LogP contribution >= 0.6 is 0 Å². The Morgan fingerprint density at radius 3 is 2.83 bits per heavy atom. The van der Waals surface area contributed by atoms with E-state index in [1.807, 2.05) is 11.8 Å². The first kappa shape index (κ1) is 15.4. The quantitative estimate of drug-likeness (QED) is 0.755. The van der Waals surface area contributed by atoms with E-state index in [2.05, 4.69) is 6.92 Å². The van der Waals surface area contributed by atoms with Gasteiger partial charge in [0.25, 0.3) is 0 Å². The summed E-state index contributed by atoms with van der Waals surface area (Å²) in [6.45, 7) is 6.83. The SMILES string of the molecule is CCCC1CCC(=O)N(CC(CN)OCC)CC1. The molecule has 0 aliphatic carbocycles. The molecule has 2 unspecified atom stereocenters.